The summed E-state index contributed by atoms with van der Waals surface area (Å²) in [6, 6.07) is 0. The monoisotopic (exact) mass is 238 g/mol. The maximum atomic E-state index is 11.2. The second kappa shape index (κ2) is 5.99. The first-order valence-electron chi connectivity index (χ1n) is 6.40. The van der Waals surface area contributed by atoms with E-state index >= 15 is 0 Å². The molecular formula is C14H22O3. The first-order valence-corrected chi connectivity index (χ1v) is 6.40. The largest absolute Gasteiger partial charge is 0.393 e. The van der Waals surface area contributed by atoms with Gasteiger partial charge in [-0.05, 0) is 18.3 Å². The second-order valence-corrected chi connectivity index (χ2v) is 5.12. The van der Waals surface area contributed by atoms with Crippen LogP contribution in [0.5, 0.6) is 0 Å². The van der Waals surface area contributed by atoms with Gasteiger partial charge in [0, 0.05) is 0 Å². The minimum atomic E-state index is -0.389. The van der Waals surface area contributed by atoms with Gasteiger partial charge in [0.15, 0.2) is 0 Å². The van der Waals surface area contributed by atoms with Crippen molar-refractivity contribution >= 4 is 11.9 Å². The van der Waals surface area contributed by atoms with Crippen molar-refractivity contribution in [1.82, 2.24) is 0 Å². The fourth-order valence-electron chi connectivity index (χ4n) is 1.87. The lowest BCUT2D eigenvalue weighted by molar-refractivity contribution is -0.153. The fraction of sp³-hybridized carbons (Fsp3) is 0.714. The van der Waals surface area contributed by atoms with Gasteiger partial charge in [-0.2, -0.15) is 0 Å². The summed E-state index contributed by atoms with van der Waals surface area (Å²) in [5.74, 6) is -1.01. The van der Waals surface area contributed by atoms with Crippen LogP contribution in [0.2, 0.25) is 0 Å². The number of carbonyl (C=O) groups excluding carboxylic acids is 2. The fourth-order valence-corrected chi connectivity index (χ4v) is 1.87. The molecule has 1 unspecified atom stereocenters. The van der Waals surface area contributed by atoms with Crippen molar-refractivity contribution in [2.45, 2.75) is 52.9 Å². The summed E-state index contributed by atoms with van der Waals surface area (Å²) >= 11 is 0. The van der Waals surface area contributed by atoms with Crippen LogP contribution >= 0.6 is 0 Å². The third-order valence-corrected chi connectivity index (χ3v) is 3.87. The van der Waals surface area contributed by atoms with Crippen molar-refractivity contribution in [1.29, 1.82) is 0 Å². The molecule has 0 bridgehead atoms. The highest BCUT2D eigenvalue weighted by Gasteiger charge is 2.32. The Morgan fingerprint density at radius 1 is 1.29 bits per heavy atom. The van der Waals surface area contributed by atoms with Gasteiger partial charge in [0.05, 0.1) is 12.3 Å². The van der Waals surface area contributed by atoms with Gasteiger partial charge in [-0.1, -0.05) is 45.8 Å². The Balaban J connectivity index is 2.36. The standard InChI is InChI=1S/C14H22O3/c1-4-14(3,5-2)9-7-6-8-11-10-12(15)17-13(11)16/h6-7,11H,4-5,8-10H2,1-3H3/b7-6+. The van der Waals surface area contributed by atoms with E-state index in [-0.39, 0.29) is 24.3 Å². The van der Waals surface area contributed by atoms with E-state index in [9.17, 15) is 9.59 Å². The third kappa shape index (κ3) is 3.99. The summed E-state index contributed by atoms with van der Waals surface area (Å²) in [6.07, 6.45) is 8.32. The number of rotatable bonds is 6. The van der Waals surface area contributed by atoms with Crippen LogP contribution in [-0.4, -0.2) is 11.9 Å². The Bertz CT molecular complexity index is 313. The molecular weight excluding hydrogens is 216 g/mol. The van der Waals surface area contributed by atoms with Crippen LogP contribution in [0.15, 0.2) is 12.2 Å². The Morgan fingerprint density at radius 2 is 1.94 bits per heavy atom. The van der Waals surface area contributed by atoms with Crippen LogP contribution in [-0.2, 0) is 14.3 Å². The van der Waals surface area contributed by atoms with Gasteiger partial charge < -0.3 is 4.74 Å². The van der Waals surface area contributed by atoms with E-state index in [1.54, 1.807) is 0 Å². The summed E-state index contributed by atoms with van der Waals surface area (Å²) in [6.45, 7) is 6.67. The lowest BCUT2D eigenvalue weighted by atomic mass is 9.81. The lowest BCUT2D eigenvalue weighted by Gasteiger charge is -2.24. The predicted molar refractivity (Wildman–Crippen MR) is 66.3 cm³/mol. The molecule has 3 heteroatoms. The predicted octanol–water partition coefficient (Wildman–Crippen LogP) is 3.24. The molecule has 0 radical (unpaired) electrons. The molecule has 0 aromatic rings. The highest BCUT2D eigenvalue weighted by atomic mass is 16.6. The molecule has 1 fully saturated rings. The van der Waals surface area contributed by atoms with Crippen molar-refractivity contribution < 1.29 is 14.3 Å². The van der Waals surface area contributed by atoms with E-state index in [1.807, 2.05) is 6.08 Å². The van der Waals surface area contributed by atoms with Gasteiger partial charge in [-0.25, -0.2) is 0 Å². The number of hydrogen-bond acceptors (Lipinski definition) is 3. The van der Waals surface area contributed by atoms with E-state index in [0.29, 0.717) is 11.8 Å². The molecule has 1 heterocycles. The molecule has 3 nitrogen and oxygen atoms in total. The molecule has 17 heavy (non-hydrogen) atoms. The van der Waals surface area contributed by atoms with Gasteiger partial charge in [-0.3, -0.25) is 9.59 Å². The highest BCUT2D eigenvalue weighted by molar-refractivity contribution is 5.94. The average molecular weight is 238 g/mol. The van der Waals surface area contributed by atoms with Gasteiger partial charge in [0.2, 0.25) is 0 Å². The molecule has 1 rings (SSSR count). The summed E-state index contributed by atoms with van der Waals surface area (Å²) in [4.78, 5) is 22.1. The second-order valence-electron chi connectivity index (χ2n) is 5.12. The van der Waals surface area contributed by atoms with Crippen molar-refractivity contribution in [3.63, 3.8) is 0 Å². The number of allylic oxidation sites excluding steroid dienone is 2. The summed E-state index contributed by atoms with van der Waals surface area (Å²) in [5.41, 5.74) is 0.350. The number of hydrogen-bond donors (Lipinski definition) is 0. The number of ether oxygens (including phenoxy) is 1. The summed E-state index contributed by atoms with van der Waals surface area (Å²) in [7, 11) is 0. The van der Waals surface area contributed by atoms with Crippen molar-refractivity contribution in [2.24, 2.45) is 11.3 Å². The van der Waals surface area contributed by atoms with Gasteiger partial charge in [0.1, 0.15) is 0 Å². The Kier molecular flexibility index (Phi) is 4.91. The van der Waals surface area contributed by atoms with Crippen LogP contribution in [0.25, 0.3) is 0 Å². The summed E-state index contributed by atoms with van der Waals surface area (Å²) < 4.78 is 4.50. The molecule has 1 aliphatic rings. The molecule has 0 spiro atoms. The number of esters is 2. The number of carbonyl (C=O) groups is 2. The Hall–Kier alpha value is -1.12. The van der Waals surface area contributed by atoms with E-state index in [0.717, 1.165) is 19.3 Å². The number of cyclic esters (lactones) is 2. The highest BCUT2D eigenvalue weighted by Crippen LogP contribution is 2.30. The molecule has 1 aliphatic heterocycles. The molecule has 1 atom stereocenters. The van der Waals surface area contributed by atoms with Crippen molar-refractivity contribution in [3.05, 3.63) is 12.2 Å². The van der Waals surface area contributed by atoms with Crippen LogP contribution in [0.3, 0.4) is 0 Å². The normalized spacial score (nSPS) is 21.2. The first kappa shape index (κ1) is 13.9. The Labute approximate surface area is 103 Å². The zero-order chi connectivity index (χ0) is 12.9. The van der Waals surface area contributed by atoms with Gasteiger partial charge >= 0.3 is 11.9 Å². The van der Waals surface area contributed by atoms with E-state index in [2.05, 4.69) is 31.6 Å². The molecule has 0 aliphatic carbocycles. The first-order chi connectivity index (χ1) is 8.00. The van der Waals surface area contributed by atoms with E-state index in [1.165, 1.54) is 0 Å². The maximum absolute atomic E-state index is 11.2. The Morgan fingerprint density at radius 3 is 2.41 bits per heavy atom. The molecule has 0 N–H and O–H groups in total. The van der Waals surface area contributed by atoms with Crippen molar-refractivity contribution in [2.75, 3.05) is 0 Å². The van der Waals surface area contributed by atoms with Crippen LogP contribution in [0.1, 0.15) is 52.9 Å². The molecule has 0 aromatic heterocycles. The van der Waals surface area contributed by atoms with Gasteiger partial charge in [-0.15, -0.1) is 0 Å². The smallest absolute Gasteiger partial charge is 0.317 e. The SMILES string of the molecule is CCC(C)(CC)C/C=C/CC1CC(=O)OC1=O. The quantitative estimate of drug-likeness (QED) is 0.405. The minimum absolute atomic E-state index is 0.238. The summed E-state index contributed by atoms with van der Waals surface area (Å²) in [5, 5.41) is 0. The van der Waals surface area contributed by atoms with E-state index < -0.39 is 0 Å². The molecule has 0 saturated carbocycles. The molecule has 1 saturated heterocycles. The van der Waals surface area contributed by atoms with Crippen molar-refractivity contribution in [3.8, 4) is 0 Å². The maximum Gasteiger partial charge on any atom is 0.317 e. The zero-order valence-corrected chi connectivity index (χ0v) is 11.0. The molecule has 96 valence electrons. The van der Waals surface area contributed by atoms with E-state index in [4.69, 9.17) is 0 Å². The molecule has 0 amide bonds. The lowest BCUT2D eigenvalue weighted by Crippen LogP contribution is -2.12. The molecule has 0 aromatic carbocycles. The average Bonchev–Trinajstić information content (AvgIpc) is 2.63. The van der Waals surface area contributed by atoms with Crippen LogP contribution in [0, 0.1) is 11.3 Å². The third-order valence-electron chi connectivity index (χ3n) is 3.87. The van der Waals surface area contributed by atoms with Crippen LogP contribution < -0.4 is 0 Å². The topological polar surface area (TPSA) is 43.4 Å². The minimum Gasteiger partial charge on any atom is -0.393 e. The zero-order valence-electron chi connectivity index (χ0n) is 11.0. The van der Waals surface area contributed by atoms with Crippen LogP contribution in [0.4, 0.5) is 0 Å². The van der Waals surface area contributed by atoms with Gasteiger partial charge in [0.25, 0.3) is 0 Å².